The predicted octanol–water partition coefficient (Wildman–Crippen LogP) is 2.20. The summed E-state index contributed by atoms with van der Waals surface area (Å²) in [5.74, 6) is 1.10. The first-order valence-electron chi connectivity index (χ1n) is 8.15. The summed E-state index contributed by atoms with van der Waals surface area (Å²) in [6, 6.07) is 7.37. The van der Waals surface area contributed by atoms with Gasteiger partial charge < -0.3 is 19.7 Å². The topological polar surface area (TPSA) is 63.7 Å². The van der Waals surface area contributed by atoms with Crippen molar-refractivity contribution in [3.63, 3.8) is 0 Å². The number of thiazole rings is 1. The number of carbonyl (C=O) groups excluding carboxylic acids is 1. The second-order valence-corrected chi connectivity index (χ2v) is 6.73. The average molecular weight is 345 g/mol. The van der Waals surface area contributed by atoms with Crippen molar-refractivity contribution in [1.82, 2.24) is 10.3 Å². The fourth-order valence-corrected chi connectivity index (χ4v) is 3.75. The lowest BCUT2D eigenvalue weighted by Crippen LogP contribution is -2.43. The minimum atomic E-state index is -0.628. The predicted molar refractivity (Wildman–Crippen MR) is 91.8 cm³/mol. The van der Waals surface area contributed by atoms with Crippen LogP contribution in [0, 0.1) is 0 Å². The van der Waals surface area contributed by atoms with E-state index in [4.69, 9.17) is 9.47 Å². The molecule has 0 bridgehead atoms. The standard InChI is InChI=1S/C17H19N3O3S/c21-16(15-10-22-13-5-1-2-6-14(13)23-15)18-9-12-11-24-17(19-12)20-7-3-4-8-20/h1-2,5-6,11,15H,3-4,7-10H2,(H,18,21)/t15-/m1/s1. The van der Waals surface area contributed by atoms with Gasteiger partial charge in [-0.15, -0.1) is 11.3 Å². The van der Waals surface area contributed by atoms with Gasteiger partial charge in [0.1, 0.15) is 6.61 Å². The highest BCUT2D eigenvalue weighted by atomic mass is 32.1. The lowest BCUT2D eigenvalue weighted by molar-refractivity contribution is -0.130. The number of aromatic nitrogens is 1. The van der Waals surface area contributed by atoms with Crippen molar-refractivity contribution < 1.29 is 14.3 Å². The number of hydrogen-bond donors (Lipinski definition) is 1. The molecule has 0 spiro atoms. The third-order valence-electron chi connectivity index (χ3n) is 4.16. The second-order valence-electron chi connectivity index (χ2n) is 5.90. The fraction of sp³-hybridized carbons (Fsp3) is 0.412. The summed E-state index contributed by atoms with van der Waals surface area (Å²) in [5.41, 5.74) is 0.882. The Bertz CT molecular complexity index is 727. The van der Waals surface area contributed by atoms with E-state index in [-0.39, 0.29) is 12.5 Å². The molecular formula is C17H19N3O3S. The number of rotatable bonds is 4. The molecule has 0 saturated carbocycles. The first kappa shape index (κ1) is 15.3. The third-order valence-corrected chi connectivity index (χ3v) is 5.11. The number of fused-ring (bicyclic) bond motifs is 1. The molecule has 0 unspecified atom stereocenters. The number of amides is 1. The summed E-state index contributed by atoms with van der Waals surface area (Å²) in [6.45, 7) is 2.78. The van der Waals surface area contributed by atoms with Gasteiger partial charge in [-0.3, -0.25) is 4.79 Å². The van der Waals surface area contributed by atoms with Gasteiger partial charge in [0.15, 0.2) is 16.6 Å². The Hall–Kier alpha value is -2.28. The van der Waals surface area contributed by atoms with Crippen LogP contribution in [-0.2, 0) is 11.3 Å². The number of anilines is 1. The summed E-state index contributed by atoms with van der Waals surface area (Å²) >= 11 is 1.63. The summed E-state index contributed by atoms with van der Waals surface area (Å²) in [4.78, 5) is 19.2. The Kier molecular flexibility index (Phi) is 4.25. The molecule has 1 amide bonds. The molecule has 1 atom stereocenters. The van der Waals surface area contributed by atoms with Crippen molar-refractivity contribution in [2.24, 2.45) is 0 Å². The molecule has 4 rings (SSSR count). The minimum absolute atomic E-state index is 0.180. The maximum Gasteiger partial charge on any atom is 0.265 e. The summed E-state index contributed by atoms with van der Waals surface area (Å²) in [5, 5.41) is 5.93. The summed E-state index contributed by atoms with van der Waals surface area (Å²) in [6.07, 6.45) is 1.83. The van der Waals surface area contributed by atoms with Crippen LogP contribution in [0.15, 0.2) is 29.6 Å². The molecule has 1 saturated heterocycles. The number of ether oxygens (including phenoxy) is 2. The molecule has 1 N–H and O–H groups in total. The van der Waals surface area contributed by atoms with Crippen LogP contribution in [0.2, 0.25) is 0 Å². The Balaban J connectivity index is 1.32. The van der Waals surface area contributed by atoms with Crippen molar-refractivity contribution in [3.05, 3.63) is 35.3 Å². The van der Waals surface area contributed by atoms with Crippen LogP contribution in [0.25, 0.3) is 0 Å². The molecule has 126 valence electrons. The van der Waals surface area contributed by atoms with Crippen LogP contribution in [0.4, 0.5) is 5.13 Å². The molecule has 2 aliphatic heterocycles. The zero-order valence-electron chi connectivity index (χ0n) is 13.2. The van der Waals surface area contributed by atoms with Crippen molar-refractivity contribution >= 4 is 22.4 Å². The van der Waals surface area contributed by atoms with Gasteiger partial charge in [0.2, 0.25) is 6.10 Å². The van der Waals surface area contributed by atoms with Gasteiger partial charge in [0.25, 0.3) is 5.91 Å². The molecule has 3 heterocycles. The Labute approximate surface area is 144 Å². The van der Waals surface area contributed by atoms with E-state index in [9.17, 15) is 4.79 Å². The Morgan fingerprint density at radius 1 is 1.29 bits per heavy atom. The van der Waals surface area contributed by atoms with E-state index in [1.165, 1.54) is 12.8 Å². The average Bonchev–Trinajstić information content (AvgIpc) is 3.30. The zero-order valence-corrected chi connectivity index (χ0v) is 14.1. The van der Waals surface area contributed by atoms with Crippen molar-refractivity contribution in [2.45, 2.75) is 25.5 Å². The van der Waals surface area contributed by atoms with Gasteiger partial charge in [-0.2, -0.15) is 0 Å². The van der Waals surface area contributed by atoms with Crippen LogP contribution in [0.1, 0.15) is 18.5 Å². The number of carbonyl (C=O) groups is 1. The smallest absolute Gasteiger partial charge is 0.265 e. The number of hydrogen-bond acceptors (Lipinski definition) is 6. The van der Waals surface area contributed by atoms with E-state index in [2.05, 4.69) is 15.2 Å². The van der Waals surface area contributed by atoms with E-state index < -0.39 is 6.10 Å². The van der Waals surface area contributed by atoms with E-state index >= 15 is 0 Å². The second kappa shape index (κ2) is 6.68. The Morgan fingerprint density at radius 2 is 2.08 bits per heavy atom. The van der Waals surface area contributed by atoms with Gasteiger partial charge >= 0.3 is 0 Å². The van der Waals surface area contributed by atoms with E-state index in [0.29, 0.717) is 18.0 Å². The van der Waals surface area contributed by atoms with Crippen LogP contribution in [0.3, 0.4) is 0 Å². The van der Waals surface area contributed by atoms with Crippen LogP contribution < -0.4 is 19.7 Å². The fourth-order valence-electron chi connectivity index (χ4n) is 2.87. The zero-order chi connectivity index (χ0) is 16.4. The van der Waals surface area contributed by atoms with Crippen LogP contribution in [0.5, 0.6) is 11.5 Å². The number of para-hydroxylation sites is 2. The maximum atomic E-state index is 12.3. The monoisotopic (exact) mass is 345 g/mol. The molecular weight excluding hydrogens is 326 g/mol. The molecule has 24 heavy (non-hydrogen) atoms. The molecule has 2 aliphatic rings. The molecule has 0 aliphatic carbocycles. The van der Waals surface area contributed by atoms with Crippen LogP contribution >= 0.6 is 11.3 Å². The van der Waals surface area contributed by atoms with Gasteiger partial charge in [-0.25, -0.2) is 4.98 Å². The van der Waals surface area contributed by atoms with E-state index in [1.807, 2.05) is 23.6 Å². The maximum absolute atomic E-state index is 12.3. The minimum Gasteiger partial charge on any atom is -0.485 e. The highest BCUT2D eigenvalue weighted by Crippen LogP contribution is 2.31. The van der Waals surface area contributed by atoms with Crippen LogP contribution in [-0.4, -0.2) is 36.7 Å². The lowest BCUT2D eigenvalue weighted by Gasteiger charge is -2.25. The first-order valence-corrected chi connectivity index (χ1v) is 9.03. The van der Waals surface area contributed by atoms with Gasteiger partial charge in [-0.05, 0) is 25.0 Å². The number of nitrogens with zero attached hydrogens (tertiary/aromatic N) is 2. The van der Waals surface area contributed by atoms with Gasteiger partial charge in [0.05, 0.1) is 12.2 Å². The number of nitrogens with one attached hydrogen (secondary N) is 1. The largest absolute Gasteiger partial charge is 0.485 e. The van der Waals surface area contributed by atoms with E-state index in [0.717, 1.165) is 23.9 Å². The third kappa shape index (κ3) is 3.17. The normalized spacial score (nSPS) is 19.3. The summed E-state index contributed by atoms with van der Waals surface area (Å²) in [7, 11) is 0. The first-order chi connectivity index (χ1) is 11.8. The lowest BCUT2D eigenvalue weighted by atomic mass is 10.2. The van der Waals surface area contributed by atoms with Gasteiger partial charge in [-0.1, -0.05) is 12.1 Å². The van der Waals surface area contributed by atoms with Crippen molar-refractivity contribution in [1.29, 1.82) is 0 Å². The molecule has 7 heteroatoms. The molecule has 6 nitrogen and oxygen atoms in total. The summed E-state index contributed by atoms with van der Waals surface area (Å²) < 4.78 is 11.3. The molecule has 1 aromatic carbocycles. The number of benzene rings is 1. The molecule has 0 radical (unpaired) electrons. The highest BCUT2D eigenvalue weighted by molar-refractivity contribution is 7.13. The van der Waals surface area contributed by atoms with Crippen molar-refractivity contribution in [3.8, 4) is 11.5 Å². The molecule has 1 fully saturated rings. The SMILES string of the molecule is O=C(NCc1csc(N2CCCC2)n1)[C@H]1COc2ccccc2O1. The van der Waals surface area contributed by atoms with Gasteiger partial charge in [0, 0.05) is 18.5 Å². The van der Waals surface area contributed by atoms with E-state index in [1.54, 1.807) is 17.4 Å². The van der Waals surface area contributed by atoms with Crippen molar-refractivity contribution in [2.75, 3.05) is 24.6 Å². The molecule has 1 aromatic heterocycles. The quantitative estimate of drug-likeness (QED) is 0.920. The Morgan fingerprint density at radius 3 is 2.92 bits per heavy atom. The highest BCUT2D eigenvalue weighted by Gasteiger charge is 2.27. The molecule has 2 aromatic rings.